The molecule has 0 aromatic heterocycles. The number of allylic oxidation sites excluding steroid dienone is 3. The fraction of sp³-hybridized carbons (Fsp3) is 0.500. The molecule has 68 valence electrons. The van der Waals surface area contributed by atoms with E-state index in [9.17, 15) is 0 Å². The number of nitrogens with two attached hydrogens (primary N) is 1. The van der Waals surface area contributed by atoms with Crippen molar-refractivity contribution >= 4 is 0 Å². The molecule has 13 heavy (non-hydrogen) atoms. The molecule has 3 aliphatic carbocycles. The number of hydrogen-bond acceptors (Lipinski definition) is 1. The summed E-state index contributed by atoms with van der Waals surface area (Å²) in [7, 11) is 0. The lowest BCUT2D eigenvalue weighted by atomic mass is 9.77. The number of rotatable bonds is 0. The summed E-state index contributed by atoms with van der Waals surface area (Å²) >= 11 is 0. The first-order chi connectivity index (χ1) is 6.36. The largest absolute Gasteiger partial charge is 0.326 e. The Hall–Kier alpha value is -0.820. The fourth-order valence-electron chi connectivity index (χ4n) is 2.98. The molecule has 3 rings (SSSR count). The molecule has 0 amide bonds. The van der Waals surface area contributed by atoms with E-state index < -0.39 is 0 Å². The summed E-state index contributed by atoms with van der Waals surface area (Å²) in [5, 5.41) is 0. The molecule has 0 heterocycles. The van der Waals surface area contributed by atoms with Gasteiger partial charge >= 0.3 is 0 Å². The molecule has 3 aliphatic rings. The second-order valence-electron chi connectivity index (χ2n) is 4.37. The third-order valence-electron chi connectivity index (χ3n) is 3.68. The lowest BCUT2D eigenvalue weighted by Gasteiger charge is -2.31. The van der Waals surface area contributed by atoms with Gasteiger partial charge in [0.2, 0.25) is 0 Å². The second kappa shape index (κ2) is 2.58. The number of hydrogen-bond donors (Lipinski definition) is 1. The molecule has 0 aliphatic heterocycles. The molecule has 3 atom stereocenters. The van der Waals surface area contributed by atoms with Gasteiger partial charge in [-0.05, 0) is 30.8 Å². The molecule has 0 radical (unpaired) electrons. The van der Waals surface area contributed by atoms with Crippen molar-refractivity contribution in [2.45, 2.75) is 25.3 Å². The summed E-state index contributed by atoms with van der Waals surface area (Å²) in [5.41, 5.74) is 9.33. The van der Waals surface area contributed by atoms with Crippen LogP contribution < -0.4 is 5.73 Å². The van der Waals surface area contributed by atoms with Crippen molar-refractivity contribution in [3.63, 3.8) is 0 Å². The zero-order chi connectivity index (χ0) is 8.84. The van der Waals surface area contributed by atoms with Crippen LogP contribution in [0.2, 0.25) is 0 Å². The molecule has 0 aromatic carbocycles. The van der Waals surface area contributed by atoms with Crippen LogP contribution in [0.5, 0.6) is 0 Å². The van der Waals surface area contributed by atoms with Crippen molar-refractivity contribution < 1.29 is 0 Å². The predicted octanol–water partition coefficient (Wildman–Crippen LogP) is 2.17. The van der Waals surface area contributed by atoms with Gasteiger partial charge in [-0.25, -0.2) is 0 Å². The Morgan fingerprint density at radius 1 is 1.38 bits per heavy atom. The normalized spacial score (nSPS) is 41.2. The van der Waals surface area contributed by atoms with Crippen molar-refractivity contribution in [2.24, 2.45) is 17.6 Å². The lowest BCUT2D eigenvalue weighted by molar-refractivity contribution is 0.419. The summed E-state index contributed by atoms with van der Waals surface area (Å²) < 4.78 is 0. The van der Waals surface area contributed by atoms with E-state index in [-0.39, 0.29) is 0 Å². The van der Waals surface area contributed by atoms with E-state index in [1.165, 1.54) is 24.8 Å². The van der Waals surface area contributed by atoms with Crippen molar-refractivity contribution in [2.75, 3.05) is 0 Å². The van der Waals surface area contributed by atoms with Gasteiger partial charge in [-0.2, -0.15) is 0 Å². The highest BCUT2D eigenvalue weighted by Gasteiger charge is 2.36. The maximum Gasteiger partial charge on any atom is 0.0209 e. The summed E-state index contributed by atoms with van der Waals surface area (Å²) in [5.74, 6) is 1.21. The van der Waals surface area contributed by atoms with Gasteiger partial charge < -0.3 is 5.73 Å². The van der Waals surface area contributed by atoms with Gasteiger partial charge in [0.1, 0.15) is 0 Å². The van der Waals surface area contributed by atoms with Crippen molar-refractivity contribution in [3.8, 4) is 0 Å². The highest BCUT2D eigenvalue weighted by atomic mass is 14.7. The maximum atomic E-state index is 6.27. The van der Waals surface area contributed by atoms with Crippen LogP contribution in [0, 0.1) is 11.8 Å². The van der Waals surface area contributed by atoms with E-state index in [0.29, 0.717) is 17.9 Å². The van der Waals surface area contributed by atoms with Crippen LogP contribution >= 0.6 is 0 Å². The smallest absolute Gasteiger partial charge is 0.0209 e. The van der Waals surface area contributed by atoms with E-state index in [4.69, 9.17) is 5.73 Å². The Morgan fingerprint density at radius 3 is 3.23 bits per heavy atom. The van der Waals surface area contributed by atoms with Crippen LogP contribution in [0.3, 0.4) is 0 Å². The van der Waals surface area contributed by atoms with Crippen LogP contribution in [0.4, 0.5) is 0 Å². The number of fused-ring (bicyclic) bond motifs is 2. The third kappa shape index (κ3) is 0.969. The zero-order valence-corrected chi connectivity index (χ0v) is 7.74. The molecule has 0 bridgehead atoms. The topological polar surface area (TPSA) is 26.0 Å². The Balaban J connectivity index is 2.04. The standard InChI is InChI=1S/C12H15N/c13-12-10-5-1-3-8(10)7-9-4-2-6-11(9)12/h1,3,5,7,10-12H,2,4,6,13H2. The quantitative estimate of drug-likeness (QED) is 0.597. The first-order valence-corrected chi connectivity index (χ1v) is 5.21. The maximum absolute atomic E-state index is 6.27. The zero-order valence-electron chi connectivity index (χ0n) is 7.74. The third-order valence-corrected chi connectivity index (χ3v) is 3.68. The fourth-order valence-corrected chi connectivity index (χ4v) is 2.98. The average Bonchev–Trinajstić information content (AvgIpc) is 2.71. The minimum absolute atomic E-state index is 0.354. The Bertz CT molecular complexity index is 322. The van der Waals surface area contributed by atoms with Crippen LogP contribution in [0.15, 0.2) is 35.5 Å². The Morgan fingerprint density at radius 2 is 2.31 bits per heavy atom. The first kappa shape index (κ1) is 7.57. The summed E-state index contributed by atoms with van der Waals surface area (Å²) in [6.45, 7) is 0. The molecule has 2 N–H and O–H groups in total. The van der Waals surface area contributed by atoms with Gasteiger partial charge in [0.25, 0.3) is 0 Å². The van der Waals surface area contributed by atoms with Gasteiger partial charge in [0, 0.05) is 12.0 Å². The Labute approximate surface area is 79.0 Å². The second-order valence-corrected chi connectivity index (χ2v) is 4.37. The monoisotopic (exact) mass is 173 g/mol. The molecule has 0 aromatic rings. The first-order valence-electron chi connectivity index (χ1n) is 5.21. The average molecular weight is 173 g/mol. The summed E-state index contributed by atoms with van der Waals surface area (Å²) in [6.07, 6.45) is 12.9. The minimum atomic E-state index is 0.354. The molecular weight excluding hydrogens is 158 g/mol. The van der Waals surface area contributed by atoms with Crippen LogP contribution in [0.1, 0.15) is 19.3 Å². The van der Waals surface area contributed by atoms with Gasteiger partial charge in [-0.15, -0.1) is 0 Å². The van der Waals surface area contributed by atoms with Crippen molar-refractivity contribution in [3.05, 3.63) is 35.5 Å². The van der Waals surface area contributed by atoms with E-state index in [1.54, 1.807) is 5.57 Å². The van der Waals surface area contributed by atoms with Crippen LogP contribution in [-0.2, 0) is 0 Å². The SMILES string of the molecule is NC1C2C=CC=C2C=C2CCCC21. The molecule has 0 saturated heterocycles. The van der Waals surface area contributed by atoms with Gasteiger partial charge in [0.15, 0.2) is 0 Å². The van der Waals surface area contributed by atoms with Crippen LogP contribution in [0.25, 0.3) is 0 Å². The lowest BCUT2D eigenvalue weighted by Crippen LogP contribution is -2.38. The molecule has 1 heteroatoms. The van der Waals surface area contributed by atoms with Gasteiger partial charge in [-0.1, -0.05) is 29.9 Å². The van der Waals surface area contributed by atoms with Gasteiger partial charge in [0.05, 0.1) is 0 Å². The van der Waals surface area contributed by atoms with Gasteiger partial charge in [-0.3, -0.25) is 0 Å². The molecular formula is C12H15N. The van der Waals surface area contributed by atoms with E-state index in [2.05, 4.69) is 24.3 Å². The summed E-state index contributed by atoms with van der Waals surface area (Å²) in [4.78, 5) is 0. The Kier molecular flexibility index (Phi) is 1.50. The van der Waals surface area contributed by atoms with Crippen molar-refractivity contribution in [1.29, 1.82) is 0 Å². The molecule has 0 spiro atoms. The predicted molar refractivity (Wildman–Crippen MR) is 54.1 cm³/mol. The summed E-state index contributed by atoms with van der Waals surface area (Å²) in [6, 6.07) is 0.354. The van der Waals surface area contributed by atoms with E-state index >= 15 is 0 Å². The molecule has 3 unspecified atom stereocenters. The highest BCUT2D eigenvalue weighted by molar-refractivity contribution is 5.43. The van der Waals surface area contributed by atoms with Crippen molar-refractivity contribution in [1.82, 2.24) is 0 Å². The van der Waals surface area contributed by atoms with E-state index in [0.717, 1.165) is 0 Å². The van der Waals surface area contributed by atoms with Crippen LogP contribution in [-0.4, -0.2) is 6.04 Å². The molecule has 1 saturated carbocycles. The molecule has 1 nitrogen and oxygen atoms in total. The molecule has 1 fully saturated rings. The van der Waals surface area contributed by atoms with E-state index in [1.807, 2.05) is 0 Å². The minimum Gasteiger partial charge on any atom is -0.326 e. The highest BCUT2D eigenvalue weighted by Crippen LogP contribution is 2.43.